The van der Waals surface area contributed by atoms with Crippen molar-refractivity contribution in [1.29, 1.82) is 0 Å². The number of rotatable bonds is 4. The maximum atomic E-state index is 12.6. The zero-order chi connectivity index (χ0) is 16.2. The molecule has 112 valence electrons. The van der Waals surface area contributed by atoms with Gasteiger partial charge in [-0.05, 0) is 17.2 Å². The van der Waals surface area contributed by atoms with Crippen LogP contribution in [0.1, 0.15) is 15.9 Å². The summed E-state index contributed by atoms with van der Waals surface area (Å²) in [5.41, 5.74) is 2.68. The van der Waals surface area contributed by atoms with Gasteiger partial charge in [-0.15, -0.1) is 0 Å². The number of nitro benzene ring substituents is 1. The van der Waals surface area contributed by atoms with E-state index in [2.05, 4.69) is 0 Å². The van der Waals surface area contributed by atoms with E-state index in [1.54, 1.807) is 18.2 Å². The van der Waals surface area contributed by atoms with Crippen LogP contribution in [0.3, 0.4) is 0 Å². The highest BCUT2D eigenvalue weighted by atomic mass is 16.6. The Morgan fingerprint density at radius 3 is 2.04 bits per heavy atom. The lowest BCUT2D eigenvalue weighted by atomic mass is 9.98. The summed E-state index contributed by atoms with van der Waals surface area (Å²) in [7, 11) is 0. The van der Waals surface area contributed by atoms with Crippen LogP contribution in [0, 0.1) is 10.1 Å². The van der Waals surface area contributed by atoms with Crippen LogP contribution >= 0.6 is 0 Å². The highest BCUT2D eigenvalue weighted by molar-refractivity contribution is 6.09. The molecule has 0 saturated carbocycles. The number of benzene rings is 3. The molecule has 0 fully saturated rings. The van der Waals surface area contributed by atoms with Gasteiger partial charge in [0.2, 0.25) is 0 Å². The average molecular weight is 303 g/mol. The molecule has 0 aromatic heterocycles. The average Bonchev–Trinajstić information content (AvgIpc) is 2.62. The first-order chi connectivity index (χ1) is 11.1. The van der Waals surface area contributed by atoms with E-state index >= 15 is 0 Å². The van der Waals surface area contributed by atoms with Gasteiger partial charge in [0.25, 0.3) is 5.69 Å². The fourth-order valence-electron chi connectivity index (χ4n) is 2.40. The van der Waals surface area contributed by atoms with E-state index in [-0.39, 0.29) is 11.5 Å². The van der Waals surface area contributed by atoms with E-state index in [9.17, 15) is 14.9 Å². The van der Waals surface area contributed by atoms with E-state index in [0.717, 1.165) is 11.1 Å². The maximum Gasteiger partial charge on any atom is 0.270 e. The highest BCUT2D eigenvalue weighted by Gasteiger charge is 2.14. The van der Waals surface area contributed by atoms with Crippen molar-refractivity contribution in [1.82, 2.24) is 0 Å². The molecule has 3 rings (SSSR count). The smallest absolute Gasteiger partial charge is 0.270 e. The lowest BCUT2D eigenvalue weighted by molar-refractivity contribution is -0.384. The normalized spacial score (nSPS) is 10.3. The Hall–Kier alpha value is -3.27. The van der Waals surface area contributed by atoms with Crippen molar-refractivity contribution < 1.29 is 9.72 Å². The summed E-state index contributed by atoms with van der Waals surface area (Å²) in [6, 6.07) is 22.8. The number of non-ortho nitro benzene ring substituents is 1. The number of carbonyl (C=O) groups is 1. The van der Waals surface area contributed by atoms with Crippen LogP contribution in [0.5, 0.6) is 0 Å². The summed E-state index contributed by atoms with van der Waals surface area (Å²) >= 11 is 0. The second-order valence-electron chi connectivity index (χ2n) is 5.08. The van der Waals surface area contributed by atoms with Crippen molar-refractivity contribution >= 4 is 11.5 Å². The second-order valence-corrected chi connectivity index (χ2v) is 5.08. The van der Waals surface area contributed by atoms with E-state index in [0.29, 0.717) is 11.1 Å². The van der Waals surface area contributed by atoms with Crippen LogP contribution in [0.15, 0.2) is 78.9 Å². The standard InChI is InChI=1S/C19H13NO3/c21-19(17-10-5-11-18(13-17)20(22)23)16-9-4-8-15(12-16)14-6-2-1-3-7-14/h1-13H. The van der Waals surface area contributed by atoms with Gasteiger partial charge < -0.3 is 0 Å². The highest BCUT2D eigenvalue weighted by Crippen LogP contribution is 2.22. The van der Waals surface area contributed by atoms with Gasteiger partial charge in [-0.3, -0.25) is 14.9 Å². The molecule has 23 heavy (non-hydrogen) atoms. The molecule has 0 aliphatic carbocycles. The predicted octanol–water partition coefficient (Wildman–Crippen LogP) is 4.49. The number of nitro groups is 1. The van der Waals surface area contributed by atoms with Gasteiger partial charge in [-0.2, -0.15) is 0 Å². The van der Waals surface area contributed by atoms with Crippen molar-refractivity contribution in [2.75, 3.05) is 0 Å². The van der Waals surface area contributed by atoms with Crippen LogP contribution in [0.25, 0.3) is 11.1 Å². The molecule has 0 heterocycles. The Balaban J connectivity index is 1.97. The number of nitrogens with zero attached hydrogens (tertiary/aromatic N) is 1. The summed E-state index contributed by atoms with van der Waals surface area (Å²) in [5, 5.41) is 10.8. The number of ketones is 1. The number of hydrogen-bond acceptors (Lipinski definition) is 3. The zero-order valence-electron chi connectivity index (χ0n) is 12.2. The third-order valence-electron chi connectivity index (χ3n) is 3.55. The first-order valence-electron chi connectivity index (χ1n) is 7.10. The van der Waals surface area contributed by atoms with Gasteiger partial charge in [0.15, 0.2) is 5.78 Å². The molecule has 0 bridgehead atoms. The molecule has 0 aliphatic heterocycles. The first-order valence-corrected chi connectivity index (χ1v) is 7.10. The maximum absolute atomic E-state index is 12.6. The predicted molar refractivity (Wildman–Crippen MR) is 88.4 cm³/mol. The first kappa shape index (κ1) is 14.7. The van der Waals surface area contributed by atoms with Crippen molar-refractivity contribution in [3.05, 3.63) is 100 Å². The van der Waals surface area contributed by atoms with E-state index in [1.807, 2.05) is 42.5 Å². The minimum absolute atomic E-state index is 0.0879. The molecular formula is C19H13NO3. The Labute approximate surface area is 133 Å². The molecule has 0 spiro atoms. The van der Waals surface area contributed by atoms with Crippen LogP contribution < -0.4 is 0 Å². The molecule has 0 saturated heterocycles. The Kier molecular flexibility index (Phi) is 3.97. The van der Waals surface area contributed by atoms with Crippen molar-refractivity contribution in [3.8, 4) is 11.1 Å². The SMILES string of the molecule is O=C(c1cccc(-c2ccccc2)c1)c1cccc([N+](=O)[O-])c1. The Morgan fingerprint density at radius 1 is 0.739 bits per heavy atom. The third-order valence-corrected chi connectivity index (χ3v) is 3.55. The monoisotopic (exact) mass is 303 g/mol. The van der Waals surface area contributed by atoms with Gasteiger partial charge in [0.05, 0.1) is 4.92 Å². The topological polar surface area (TPSA) is 60.2 Å². The minimum Gasteiger partial charge on any atom is -0.289 e. The quantitative estimate of drug-likeness (QED) is 0.405. The molecule has 4 nitrogen and oxygen atoms in total. The molecule has 0 amide bonds. The van der Waals surface area contributed by atoms with Crippen molar-refractivity contribution in [2.24, 2.45) is 0 Å². The van der Waals surface area contributed by atoms with Gasteiger partial charge in [0.1, 0.15) is 0 Å². The van der Waals surface area contributed by atoms with Crippen molar-refractivity contribution in [2.45, 2.75) is 0 Å². The fourth-order valence-corrected chi connectivity index (χ4v) is 2.40. The molecule has 3 aromatic carbocycles. The number of carbonyl (C=O) groups excluding carboxylic acids is 1. The summed E-state index contributed by atoms with van der Waals surface area (Å²) in [6.45, 7) is 0. The van der Waals surface area contributed by atoms with Gasteiger partial charge in [0, 0.05) is 23.3 Å². The molecule has 0 atom stereocenters. The van der Waals surface area contributed by atoms with Gasteiger partial charge >= 0.3 is 0 Å². The third kappa shape index (κ3) is 3.16. The lowest BCUT2D eigenvalue weighted by Crippen LogP contribution is -2.02. The molecule has 0 unspecified atom stereocenters. The molecule has 0 N–H and O–H groups in total. The lowest BCUT2D eigenvalue weighted by Gasteiger charge is -2.05. The Bertz CT molecular complexity index is 873. The number of hydrogen-bond donors (Lipinski definition) is 0. The van der Waals surface area contributed by atoms with E-state index < -0.39 is 4.92 Å². The van der Waals surface area contributed by atoms with E-state index in [1.165, 1.54) is 18.2 Å². The minimum atomic E-state index is -0.503. The van der Waals surface area contributed by atoms with Crippen LogP contribution in [-0.2, 0) is 0 Å². The second kappa shape index (κ2) is 6.23. The summed E-state index contributed by atoms with van der Waals surface area (Å²) < 4.78 is 0. The molecular weight excluding hydrogens is 290 g/mol. The molecule has 0 aliphatic rings. The summed E-state index contributed by atoms with van der Waals surface area (Å²) in [5.74, 6) is -0.230. The van der Waals surface area contributed by atoms with Gasteiger partial charge in [-0.1, -0.05) is 60.7 Å². The zero-order valence-corrected chi connectivity index (χ0v) is 12.2. The molecule has 4 heteroatoms. The molecule has 3 aromatic rings. The largest absolute Gasteiger partial charge is 0.289 e. The van der Waals surface area contributed by atoms with Crippen LogP contribution in [0.2, 0.25) is 0 Å². The summed E-state index contributed by atoms with van der Waals surface area (Å²) in [4.78, 5) is 22.9. The van der Waals surface area contributed by atoms with Gasteiger partial charge in [-0.25, -0.2) is 0 Å². The fraction of sp³-hybridized carbons (Fsp3) is 0. The Morgan fingerprint density at radius 2 is 1.35 bits per heavy atom. The molecule has 0 radical (unpaired) electrons. The van der Waals surface area contributed by atoms with Crippen LogP contribution in [0.4, 0.5) is 5.69 Å². The summed E-state index contributed by atoms with van der Waals surface area (Å²) in [6.07, 6.45) is 0. The van der Waals surface area contributed by atoms with E-state index in [4.69, 9.17) is 0 Å². The van der Waals surface area contributed by atoms with Crippen LogP contribution in [-0.4, -0.2) is 10.7 Å². The van der Waals surface area contributed by atoms with Crippen molar-refractivity contribution in [3.63, 3.8) is 0 Å².